The molecule has 2 aromatic carbocycles. The molecular formula is C19H22ClNO3. The Balaban J connectivity index is 1.76. The number of ether oxygens (including phenoxy) is 2. The lowest BCUT2D eigenvalue weighted by Gasteiger charge is -2.16. The highest BCUT2D eigenvalue weighted by molar-refractivity contribution is 6.30. The average molecular weight is 348 g/mol. The molecule has 2 aromatic rings. The molecule has 0 bridgehead atoms. The van der Waals surface area contributed by atoms with Gasteiger partial charge in [-0.2, -0.15) is 0 Å². The minimum Gasteiger partial charge on any atom is -0.491 e. The summed E-state index contributed by atoms with van der Waals surface area (Å²) < 4.78 is 11.2. The van der Waals surface area contributed by atoms with E-state index in [1.54, 1.807) is 24.3 Å². The Kier molecular flexibility index (Phi) is 6.50. The van der Waals surface area contributed by atoms with Crippen molar-refractivity contribution in [3.8, 4) is 11.5 Å². The van der Waals surface area contributed by atoms with Crippen LogP contribution < -0.4 is 14.8 Å². The van der Waals surface area contributed by atoms with Gasteiger partial charge >= 0.3 is 0 Å². The molecule has 0 aliphatic carbocycles. The van der Waals surface area contributed by atoms with E-state index >= 15 is 0 Å². The van der Waals surface area contributed by atoms with Crippen molar-refractivity contribution in [2.45, 2.75) is 26.8 Å². The first-order valence-corrected chi connectivity index (χ1v) is 8.20. The molecule has 128 valence electrons. The van der Waals surface area contributed by atoms with Gasteiger partial charge in [0, 0.05) is 5.02 Å². The zero-order chi connectivity index (χ0) is 17.5. The third kappa shape index (κ3) is 5.46. The highest BCUT2D eigenvalue weighted by atomic mass is 35.5. The molecule has 24 heavy (non-hydrogen) atoms. The standard InChI is InChI=1S/C19H22ClNO3/c1-13-5-4-6-14(2)19(13)24-12-18(22)21-15(3)11-23-17-9-7-16(20)8-10-17/h4-10,15H,11-12H2,1-3H3,(H,21,22). The number of carbonyl (C=O) groups excluding carboxylic acids is 1. The smallest absolute Gasteiger partial charge is 0.258 e. The van der Waals surface area contributed by atoms with Gasteiger partial charge in [-0.25, -0.2) is 0 Å². The van der Waals surface area contributed by atoms with Crippen LogP contribution in [-0.2, 0) is 4.79 Å². The van der Waals surface area contributed by atoms with Crippen LogP contribution in [-0.4, -0.2) is 25.2 Å². The predicted molar refractivity (Wildman–Crippen MR) is 96.0 cm³/mol. The zero-order valence-electron chi connectivity index (χ0n) is 14.1. The lowest BCUT2D eigenvalue weighted by atomic mass is 10.1. The molecule has 2 rings (SSSR count). The van der Waals surface area contributed by atoms with Crippen LogP contribution >= 0.6 is 11.6 Å². The summed E-state index contributed by atoms with van der Waals surface area (Å²) in [5.41, 5.74) is 2.03. The molecule has 1 atom stereocenters. The van der Waals surface area contributed by atoms with E-state index in [0.717, 1.165) is 16.9 Å². The molecule has 0 fully saturated rings. The lowest BCUT2D eigenvalue weighted by Crippen LogP contribution is -2.39. The van der Waals surface area contributed by atoms with Crippen molar-refractivity contribution in [3.05, 3.63) is 58.6 Å². The molecule has 0 heterocycles. The number of halogens is 1. The van der Waals surface area contributed by atoms with Crippen molar-refractivity contribution >= 4 is 17.5 Å². The molecule has 0 aliphatic heterocycles. The van der Waals surface area contributed by atoms with Crippen LogP contribution in [0.2, 0.25) is 5.02 Å². The number of para-hydroxylation sites is 1. The highest BCUT2D eigenvalue weighted by Crippen LogP contribution is 2.22. The molecule has 0 radical (unpaired) electrons. The van der Waals surface area contributed by atoms with Gasteiger partial charge in [0.1, 0.15) is 18.1 Å². The number of amides is 1. The average Bonchev–Trinajstić information content (AvgIpc) is 2.54. The van der Waals surface area contributed by atoms with E-state index in [9.17, 15) is 4.79 Å². The minimum absolute atomic E-state index is 0.0169. The molecule has 0 saturated heterocycles. The van der Waals surface area contributed by atoms with Crippen LogP contribution in [0.1, 0.15) is 18.1 Å². The third-order valence-electron chi connectivity index (χ3n) is 3.48. The summed E-state index contributed by atoms with van der Waals surface area (Å²) in [5.74, 6) is 1.30. The van der Waals surface area contributed by atoms with Crippen LogP contribution in [0, 0.1) is 13.8 Å². The maximum atomic E-state index is 12.0. The van der Waals surface area contributed by atoms with Crippen LogP contribution in [0.3, 0.4) is 0 Å². The first-order chi connectivity index (χ1) is 11.5. The fourth-order valence-electron chi connectivity index (χ4n) is 2.27. The molecule has 0 aromatic heterocycles. The number of hydrogen-bond acceptors (Lipinski definition) is 3. The monoisotopic (exact) mass is 347 g/mol. The van der Waals surface area contributed by atoms with Crippen LogP contribution in [0.4, 0.5) is 0 Å². The molecule has 1 unspecified atom stereocenters. The van der Waals surface area contributed by atoms with Crippen LogP contribution in [0.25, 0.3) is 0 Å². The van der Waals surface area contributed by atoms with E-state index in [2.05, 4.69) is 5.32 Å². The van der Waals surface area contributed by atoms with Gasteiger partial charge in [-0.05, 0) is 56.2 Å². The first kappa shape index (κ1) is 18.1. The molecule has 1 amide bonds. The summed E-state index contributed by atoms with van der Waals surface area (Å²) in [4.78, 5) is 12.0. The largest absolute Gasteiger partial charge is 0.491 e. The van der Waals surface area contributed by atoms with Gasteiger partial charge in [-0.15, -0.1) is 0 Å². The third-order valence-corrected chi connectivity index (χ3v) is 3.73. The predicted octanol–water partition coefficient (Wildman–Crippen LogP) is 3.92. The van der Waals surface area contributed by atoms with Crippen molar-refractivity contribution in [1.82, 2.24) is 5.32 Å². The van der Waals surface area contributed by atoms with Crippen molar-refractivity contribution in [1.29, 1.82) is 0 Å². The molecule has 0 aliphatic rings. The van der Waals surface area contributed by atoms with Gasteiger partial charge in [0.05, 0.1) is 6.04 Å². The summed E-state index contributed by atoms with van der Waals surface area (Å²) >= 11 is 5.82. The van der Waals surface area contributed by atoms with E-state index in [4.69, 9.17) is 21.1 Å². The second-order valence-corrected chi connectivity index (χ2v) is 6.18. The van der Waals surface area contributed by atoms with Crippen molar-refractivity contribution in [2.75, 3.05) is 13.2 Å². The van der Waals surface area contributed by atoms with E-state index in [-0.39, 0.29) is 18.6 Å². The quantitative estimate of drug-likeness (QED) is 0.825. The maximum Gasteiger partial charge on any atom is 0.258 e. The number of rotatable bonds is 7. The van der Waals surface area contributed by atoms with Gasteiger partial charge in [-0.1, -0.05) is 29.8 Å². The molecule has 0 saturated carbocycles. The van der Waals surface area contributed by atoms with Gasteiger partial charge in [0.15, 0.2) is 6.61 Å². The Morgan fingerprint density at radius 3 is 2.33 bits per heavy atom. The Morgan fingerprint density at radius 2 is 1.71 bits per heavy atom. The number of nitrogens with one attached hydrogen (secondary N) is 1. The SMILES string of the molecule is Cc1cccc(C)c1OCC(=O)NC(C)COc1ccc(Cl)cc1. The van der Waals surface area contributed by atoms with Gasteiger partial charge in [-0.3, -0.25) is 4.79 Å². The number of hydrogen-bond donors (Lipinski definition) is 1. The maximum absolute atomic E-state index is 12.0. The second-order valence-electron chi connectivity index (χ2n) is 5.74. The summed E-state index contributed by atoms with van der Waals surface area (Å²) in [7, 11) is 0. The summed E-state index contributed by atoms with van der Waals surface area (Å²) in [6.07, 6.45) is 0. The van der Waals surface area contributed by atoms with E-state index < -0.39 is 0 Å². The number of aryl methyl sites for hydroxylation is 2. The van der Waals surface area contributed by atoms with Crippen molar-refractivity contribution < 1.29 is 14.3 Å². The van der Waals surface area contributed by atoms with E-state index in [0.29, 0.717) is 17.4 Å². The molecule has 1 N–H and O–H groups in total. The molecule has 5 heteroatoms. The van der Waals surface area contributed by atoms with Crippen LogP contribution in [0.5, 0.6) is 11.5 Å². The second kappa shape index (κ2) is 8.60. The van der Waals surface area contributed by atoms with E-state index in [1.807, 2.05) is 39.0 Å². The van der Waals surface area contributed by atoms with Crippen molar-refractivity contribution in [3.63, 3.8) is 0 Å². The Hall–Kier alpha value is -2.20. The Labute approximate surface area is 147 Å². The topological polar surface area (TPSA) is 47.6 Å². The van der Waals surface area contributed by atoms with Gasteiger partial charge in [0.2, 0.25) is 0 Å². The van der Waals surface area contributed by atoms with E-state index in [1.165, 1.54) is 0 Å². The normalized spacial score (nSPS) is 11.7. The van der Waals surface area contributed by atoms with Gasteiger partial charge < -0.3 is 14.8 Å². The molecule has 4 nitrogen and oxygen atoms in total. The molecular weight excluding hydrogens is 326 g/mol. The summed E-state index contributed by atoms with van der Waals surface area (Å²) in [6.45, 7) is 6.16. The first-order valence-electron chi connectivity index (χ1n) is 7.82. The van der Waals surface area contributed by atoms with Crippen LogP contribution in [0.15, 0.2) is 42.5 Å². The zero-order valence-corrected chi connectivity index (χ0v) is 14.9. The fraction of sp³-hybridized carbons (Fsp3) is 0.316. The Morgan fingerprint density at radius 1 is 1.08 bits per heavy atom. The number of benzene rings is 2. The highest BCUT2D eigenvalue weighted by Gasteiger charge is 2.11. The lowest BCUT2D eigenvalue weighted by molar-refractivity contribution is -0.123. The van der Waals surface area contributed by atoms with Gasteiger partial charge in [0.25, 0.3) is 5.91 Å². The Bertz CT molecular complexity index is 665. The summed E-state index contributed by atoms with van der Waals surface area (Å²) in [6, 6.07) is 12.9. The number of carbonyl (C=O) groups is 1. The minimum atomic E-state index is -0.176. The van der Waals surface area contributed by atoms with Crippen molar-refractivity contribution in [2.24, 2.45) is 0 Å². The summed E-state index contributed by atoms with van der Waals surface area (Å²) in [5, 5.41) is 3.52. The molecule has 0 spiro atoms. The fourth-order valence-corrected chi connectivity index (χ4v) is 2.40.